The number of hydrogen-bond acceptors (Lipinski definition) is 4. The molecule has 1 rings (SSSR count). The van der Waals surface area contributed by atoms with E-state index in [9.17, 15) is 9.59 Å². The lowest BCUT2D eigenvalue weighted by Gasteiger charge is -2.10. The van der Waals surface area contributed by atoms with Crippen LogP contribution < -0.4 is 9.47 Å². The number of hydrogen-bond donors (Lipinski definition) is 0. The first-order chi connectivity index (χ1) is 13.2. The Morgan fingerprint density at radius 1 is 0.630 bits per heavy atom. The Labute approximate surface area is 164 Å². The number of rotatable bonds is 15. The molecule has 0 heterocycles. The van der Waals surface area contributed by atoms with Crippen LogP contribution in [0.3, 0.4) is 0 Å². The molecule has 0 amide bonds. The van der Waals surface area contributed by atoms with Crippen molar-refractivity contribution in [1.82, 2.24) is 0 Å². The molecule has 1 aromatic rings. The molecule has 0 unspecified atom stereocenters. The SMILES string of the molecule is CCCCCCCCC(=O)Oc1ccccc1OC(=O)CCCCCCC. The first-order valence-corrected chi connectivity index (χ1v) is 10.7. The lowest BCUT2D eigenvalue weighted by Crippen LogP contribution is -2.12. The molecular formula is C23H36O4. The van der Waals surface area contributed by atoms with Gasteiger partial charge in [0.2, 0.25) is 0 Å². The number of unbranched alkanes of at least 4 members (excludes halogenated alkanes) is 9. The molecule has 0 N–H and O–H groups in total. The van der Waals surface area contributed by atoms with Gasteiger partial charge in [-0.05, 0) is 25.0 Å². The Balaban J connectivity index is 2.35. The molecule has 0 aromatic heterocycles. The summed E-state index contributed by atoms with van der Waals surface area (Å²) in [4.78, 5) is 24.1. The topological polar surface area (TPSA) is 52.6 Å². The number of esters is 2. The monoisotopic (exact) mass is 376 g/mol. The van der Waals surface area contributed by atoms with Crippen molar-refractivity contribution in [2.45, 2.75) is 97.3 Å². The van der Waals surface area contributed by atoms with Crippen LogP contribution in [0.1, 0.15) is 97.3 Å². The molecule has 27 heavy (non-hydrogen) atoms. The van der Waals surface area contributed by atoms with Crippen LogP contribution >= 0.6 is 0 Å². The van der Waals surface area contributed by atoms with E-state index in [1.165, 1.54) is 32.1 Å². The summed E-state index contributed by atoms with van der Waals surface area (Å²) in [5, 5.41) is 0. The lowest BCUT2D eigenvalue weighted by atomic mass is 10.1. The number of carbonyl (C=O) groups is 2. The van der Waals surface area contributed by atoms with Crippen molar-refractivity contribution in [3.63, 3.8) is 0 Å². The highest BCUT2D eigenvalue weighted by Crippen LogP contribution is 2.27. The summed E-state index contributed by atoms with van der Waals surface area (Å²) in [5.74, 6) is 0.111. The minimum atomic E-state index is -0.272. The van der Waals surface area contributed by atoms with Gasteiger partial charge in [-0.2, -0.15) is 0 Å². The number of benzene rings is 1. The summed E-state index contributed by atoms with van der Waals surface area (Å²) in [6, 6.07) is 6.88. The Morgan fingerprint density at radius 3 is 1.41 bits per heavy atom. The fraction of sp³-hybridized carbons (Fsp3) is 0.652. The average Bonchev–Trinajstić information content (AvgIpc) is 2.66. The van der Waals surface area contributed by atoms with E-state index in [4.69, 9.17) is 9.47 Å². The summed E-state index contributed by atoms with van der Waals surface area (Å²) in [6.45, 7) is 4.35. The molecule has 0 radical (unpaired) electrons. The fourth-order valence-corrected chi connectivity index (χ4v) is 2.89. The smallest absolute Gasteiger partial charge is 0.311 e. The molecule has 1 aromatic carbocycles. The van der Waals surface area contributed by atoms with E-state index in [1.54, 1.807) is 24.3 Å². The van der Waals surface area contributed by atoms with Crippen molar-refractivity contribution >= 4 is 11.9 Å². The average molecular weight is 377 g/mol. The minimum Gasteiger partial charge on any atom is -0.423 e. The lowest BCUT2D eigenvalue weighted by molar-refractivity contribution is -0.137. The maximum Gasteiger partial charge on any atom is 0.311 e. The van der Waals surface area contributed by atoms with Gasteiger partial charge >= 0.3 is 11.9 Å². The summed E-state index contributed by atoms with van der Waals surface area (Å²) in [6.07, 6.45) is 12.9. The molecule has 0 fully saturated rings. The normalized spacial score (nSPS) is 10.6. The van der Waals surface area contributed by atoms with Crippen molar-refractivity contribution < 1.29 is 19.1 Å². The molecule has 4 nitrogen and oxygen atoms in total. The first kappa shape index (κ1) is 23.2. The van der Waals surface area contributed by atoms with E-state index in [-0.39, 0.29) is 11.9 Å². The van der Waals surface area contributed by atoms with Gasteiger partial charge in [-0.1, -0.05) is 83.8 Å². The third kappa shape index (κ3) is 11.5. The predicted octanol–water partition coefficient (Wildman–Crippen LogP) is 6.61. The fourth-order valence-electron chi connectivity index (χ4n) is 2.89. The molecule has 0 bridgehead atoms. The zero-order valence-electron chi connectivity index (χ0n) is 17.1. The molecule has 0 spiro atoms. The van der Waals surface area contributed by atoms with Gasteiger partial charge in [0.05, 0.1) is 0 Å². The highest BCUT2D eigenvalue weighted by atomic mass is 16.6. The molecule has 152 valence electrons. The highest BCUT2D eigenvalue weighted by Gasteiger charge is 2.13. The number of ether oxygens (including phenoxy) is 2. The summed E-state index contributed by atoms with van der Waals surface area (Å²) < 4.78 is 10.8. The van der Waals surface area contributed by atoms with Crippen LogP contribution in [0.2, 0.25) is 0 Å². The molecule has 4 heteroatoms. The Bertz CT molecular complexity index is 539. The van der Waals surface area contributed by atoms with Gasteiger partial charge in [-0.25, -0.2) is 0 Å². The largest absolute Gasteiger partial charge is 0.423 e. The first-order valence-electron chi connectivity index (χ1n) is 10.7. The van der Waals surface area contributed by atoms with Crippen molar-refractivity contribution in [2.24, 2.45) is 0 Å². The maximum absolute atomic E-state index is 12.0. The van der Waals surface area contributed by atoms with Gasteiger partial charge in [0.1, 0.15) is 0 Å². The van der Waals surface area contributed by atoms with Crippen LogP contribution in [-0.2, 0) is 9.59 Å². The molecule has 0 aliphatic heterocycles. The van der Waals surface area contributed by atoms with Crippen molar-refractivity contribution in [3.8, 4) is 11.5 Å². The zero-order valence-corrected chi connectivity index (χ0v) is 17.1. The standard InChI is InChI=1S/C23H36O4/c1-3-5-7-9-11-13-19-23(25)27-21-17-15-14-16-20(21)26-22(24)18-12-10-8-6-4-2/h14-17H,3-13,18-19H2,1-2H3. The van der Waals surface area contributed by atoms with Crippen LogP contribution in [0.5, 0.6) is 11.5 Å². The second-order valence-corrected chi connectivity index (χ2v) is 7.08. The van der Waals surface area contributed by atoms with E-state index >= 15 is 0 Å². The zero-order chi connectivity index (χ0) is 19.7. The third-order valence-electron chi connectivity index (χ3n) is 4.52. The van der Waals surface area contributed by atoms with Crippen LogP contribution in [0, 0.1) is 0 Å². The van der Waals surface area contributed by atoms with Gasteiger partial charge in [0.15, 0.2) is 11.5 Å². The second kappa shape index (κ2) is 15.2. The van der Waals surface area contributed by atoms with Gasteiger partial charge in [-0.3, -0.25) is 9.59 Å². The minimum absolute atomic E-state index is 0.270. The maximum atomic E-state index is 12.0. The Kier molecular flexibility index (Phi) is 13.1. The predicted molar refractivity (Wildman–Crippen MR) is 109 cm³/mol. The van der Waals surface area contributed by atoms with E-state index in [0.717, 1.165) is 38.5 Å². The van der Waals surface area contributed by atoms with Gasteiger partial charge in [0.25, 0.3) is 0 Å². The molecule has 0 saturated carbocycles. The molecule has 0 aliphatic carbocycles. The van der Waals surface area contributed by atoms with E-state index in [2.05, 4.69) is 13.8 Å². The third-order valence-corrected chi connectivity index (χ3v) is 4.52. The van der Waals surface area contributed by atoms with Crippen molar-refractivity contribution in [1.29, 1.82) is 0 Å². The van der Waals surface area contributed by atoms with E-state index < -0.39 is 0 Å². The van der Waals surface area contributed by atoms with Crippen LogP contribution in [0.25, 0.3) is 0 Å². The second-order valence-electron chi connectivity index (χ2n) is 7.08. The number of para-hydroxylation sites is 2. The van der Waals surface area contributed by atoms with E-state index in [1.807, 2.05) is 0 Å². The molecule has 0 saturated heterocycles. The quantitative estimate of drug-likeness (QED) is 0.196. The summed E-state index contributed by atoms with van der Waals surface area (Å²) in [5.41, 5.74) is 0. The Morgan fingerprint density at radius 2 is 1.00 bits per heavy atom. The highest BCUT2D eigenvalue weighted by molar-refractivity contribution is 5.76. The van der Waals surface area contributed by atoms with Crippen LogP contribution in [0.15, 0.2) is 24.3 Å². The van der Waals surface area contributed by atoms with Gasteiger partial charge in [-0.15, -0.1) is 0 Å². The number of carbonyl (C=O) groups excluding carboxylic acids is 2. The summed E-state index contributed by atoms with van der Waals surface area (Å²) in [7, 11) is 0. The van der Waals surface area contributed by atoms with Gasteiger partial charge < -0.3 is 9.47 Å². The Hall–Kier alpha value is -1.84. The summed E-state index contributed by atoms with van der Waals surface area (Å²) >= 11 is 0. The van der Waals surface area contributed by atoms with Crippen LogP contribution in [0.4, 0.5) is 0 Å². The molecular weight excluding hydrogens is 340 g/mol. The van der Waals surface area contributed by atoms with Gasteiger partial charge in [0, 0.05) is 12.8 Å². The van der Waals surface area contributed by atoms with Crippen LogP contribution in [-0.4, -0.2) is 11.9 Å². The van der Waals surface area contributed by atoms with E-state index in [0.29, 0.717) is 24.3 Å². The molecule has 0 atom stereocenters. The molecule has 0 aliphatic rings. The van der Waals surface area contributed by atoms with Crippen molar-refractivity contribution in [2.75, 3.05) is 0 Å². The van der Waals surface area contributed by atoms with Crippen molar-refractivity contribution in [3.05, 3.63) is 24.3 Å².